The molecule has 1 nitrogen and oxygen atoms in total. The van der Waals surface area contributed by atoms with Crippen molar-refractivity contribution in [2.45, 2.75) is 85.0 Å². The number of quaternary nitrogens is 1. The van der Waals surface area contributed by atoms with Gasteiger partial charge < -0.3 is 10.4 Å². The first kappa shape index (κ1) is 19.2. The molecule has 0 bridgehead atoms. The average molecular weight is 247 g/mol. The van der Waals surface area contributed by atoms with E-state index in [-0.39, 0.29) is 4.70 Å². The van der Waals surface area contributed by atoms with Gasteiger partial charge in [-0.25, -0.2) is 0 Å². The van der Waals surface area contributed by atoms with E-state index in [0.29, 0.717) is 5.41 Å². The summed E-state index contributed by atoms with van der Waals surface area (Å²) >= 11 is 0. The topological polar surface area (TPSA) is 27.6 Å². The summed E-state index contributed by atoms with van der Waals surface area (Å²) < 4.78 is 0. The summed E-state index contributed by atoms with van der Waals surface area (Å²) in [6, 6.07) is 0. The van der Waals surface area contributed by atoms with Gasteiger partial charge in [0.15, 0.2) is 0 Å². The summed E-state index contributed by atoms with van der Waals surface area (Å²) in [5.41, 5.74) is 4.41. The third-order valence-electron chi connectivity index (χ3n) is 3.18. The van der Waals surface area contributed by atoms with E-state index < -0.39 is 0 Å². The summed E-state index contributed by atoms with van der Waals surface area (Å²) in [5, 5.41) is 0. The van der Waals surface area contributed by atoms with E-state index in [2.05, 4.69) is 26.5 Å². The maximum atomic E-state index is 3.87. The predicted octanol–water partition coefficient (Wildman–Crippen LogP) is 1.18. The van der Waals surface area contributed by atoms with E-state index in [1.807, 2.05) is 0 Å². The molecule has 0 amide bonds. The number of hydrogen-bond acceptors (Lipinski definition) is 0. The molecule has 0 atom stereocenters. The van der Waals surface area contributed by atoms with Crippen LogP contribution in [0.15, 0.2) is 0 Å². The van der Waals surface area contributed by atoms with Crippen molar-refractivity contribution >= 4 is 0 Å². The molecule has 0 saturated heterocycles. The van der Waals surface area contributed by atoms with Crippen molar-refractivity contribution in [3.8, 4) is 0 Å². The van der Waals surface area contributed by atoms with Crippen molar-refractivity contribution in [2.24, 2.45) is 5.41 Å². The van der Waals surface area contributed by atoms with E-state index in [1.165, 1.54) is 64.2 Å². The lowest BCUT2D eigenvalue weighted by Gasteiger charge is -2.17. The molecule has 0 fully saturated rings. The second-order valence-corrected chi connectivity index (χ2v) is 6.35. The summed E-state index contributed by atoms with van der Waals surface area (Å²) in [4.78, 5) is 0. The molecule has 0 saturated carbocycles. The largest absolute Gasteiger partial charge is 1.00 e. The van der Waals surface area contributed by atoms with Crippen LogP contribution in [0.4, 0.5) is 0 Å². The lowest BCUT2D eigenvalue weighted by Crippen LogP contribution is -3.00. The Labute approximate surface area is 108 Å². The highest BCUT2D eigenvalue weighted by Gasteiger charge is 2.08. The number of rotatable bonds is 10. The molecule has 0 radical (unpaired) electrons. The van der Waals surface area contributed by atoms with Crippen molar-refractivity contribution < 1.29 is 10.4 Å². The van der Waals surface area contributed by atoms with E-state index in [9.17, 15) is 0 Å². The monoisotopic (exact) mass is 247 g/mol. The molecule has 0 heterocycles. The van der Waals surface area contributed by atoms with Gasteiger partial charge in [-0.3, -0.25) is 0 Å². The molecule has 0 aliphatic rings. The normalized spacial score (nSPS) is 11.3. The average Bonchev–Trinajstić information content (AvgIpc) is 2.19. The van der Waals surface area contributed by atoms with E-state index in [1.54, 1.807) is 0 Å². The van der Waals surface area contributed by atoms with Gasteiger partial charge in [0.05, 0.1) is 6.54 Å². The second kappa shape index (κ2) is 12.3. The Morgan fingerprint density at radius 1 is 0.647 bits per heavy atom. The van der Waals surface area contributed by atoms with Gasteiger partial charge >= 0.3 is 0 Å². The van der Waals surface area contributed by atoms with Gasteiger partial charge in [-0.1, -0.05) is 65.7 Å². The highest BCUT2D eigenvalue weighted by Crippen LogP contribution is 2.22. The highest BCUT2D eigenvalue weighted by molar-refractivity contribution is 4.61. The van der Waals surface area contributed by atoms with Gasteiger partial charge in [-0.2, -0.15) is 0 Å². The maximum Gasteiger partial charge on any atom is 0.0739 e. The minimum Gasteiger partial charge on any atom is -1.00 e. The molecule has 2 heteroatoms. The fourth-order valence-electron chi connectivity index (χ4n) is 2.07. The van der Waals surface area contributed by atoms with Gasteiger partial charge in [0.25, 0.3) is 0 Å². The molecule has 17 heavy (non-hydrogen) atoms. The van der Waals surface area contributed by atoms with Gasteiger partial charge in [0.1, 0.15) is 0 Å². The Balaban J connectivity index is 0. The molecule has 0 aromatic rings. The second-order valence-electron chi connectivity index (χ2n) is 6.35. The van der Waals surface area contributed by atoms with Gasteiger partial charge in [0, 0.05) is 0 Å². The molecule has 0 aliphatic carbocycles. The Hall–Kier alpha value is -0.110. The molecule has 0 aromatic carbocycles. The fraction of sp³-hybridized carbons (Fsp3) is 1.00. The number of halogens is 1. The van der Waals surface area contributed by atoms with Crippen molar-refractivity contribution in [3.05, 3.63) is 0 Å². The van der Waals surface area contributed by atoms with Gasteiger partial charge in [-0.05, 0) is 24.7 Å². The van der Waals surface area contributed by atoms with E-state index in [0.717, 1.165) is 6.54 Å². The first-order valence-corrected chi connectivity index (χ1v) is 7.35. The third-order valence-corrected chi connectivity index (χ3v) is 3.18. The van der Waals surface area contributed by atoms with Crippen LogP contribution >= 0.6 is 0 Å². The van der Waals surface area contributed by atoms with Crippen LogP contribution in [0.1, 0.15) is 85.0 Å². The Morgan fingerprint density at radius 3 is 1.35 bits per heavy atom. The Bertz CT molecular complexity index is 140. The molecular weight excluding hydrogens is 213 g/mol. The smallest absolute Gasteiger partial charge is 0.0739 e. The number of hydrogen-bond donors (Lipinski definition) is 1. The summed E-state index contributed by atoms with van der Waals surface area (Å²) in [7, 11) is 0. The minimum absolute atomic E-state index is 0. The van der Waals surface area contributed by atoms with Crippen LogP contribution in [-0.2, 0) is 0 Å². The first-order valence-electron chi connectivity index (χ1n) is 7.35. The van der Waals surface area contributed by atoms with Crippen molar-refractivity contribution in [1.82, 2.24) is 0 Å². The zero-order chi connectivity index (χ0) is 12.3. The van der Waals surface area contributed by atoms with Crippen LogP contribution in [0, 0.1) is 5.41 Å². The molecule has 3 N–H and O–H groups in total. The van der Waals surface area contributed by atoms with Crippen LogP contribution in [0.2, 0.25) is 0 Å². The molecule has 0 aromatic heterocycles. The van der Waals surface area contributed by atoms with Gasteiger partial charge in [-0.15, -0.1) is 0 Å². The quantitative estimate of drug-likeness (QED) is 0.562. The zero-order valence-electron chi connectivity index (χ0n) is 12.4. The maximum absolute atomic E-state index is 3.87. The van der Waals surface area contributed by atoms with E-state index in [4.69, 9.17) is 0 Å². The van der Waals surface area contributed by atoms with Crippen molar-refractivity contribution in [1.29, 1.82) is 0 Å². The molecule has 106 valence electrons. The van der Waals surface area contributed by atoms with Crippen LogP contribution in [0.3, 0.4) is 0 Å². The van der Waals surface area contributed by atoms with Gasteiger partial charge in [0.2, 0.25) is 0 Å². The minimum atomic E-state index is 0. The standard InChI is InChI=1S/C15H33N.FH/c1-15(2,3)13-11-9-7-5-4-6-8-10-12-14-16;/h4-14,16H2,1-3H3;1H. The summed E-state index contributed by atoms with van der Waals surface area (Å²) in [6.45, 7) is 8.15. The first-order chi connectivity index (χ1) is 7.56. The number of unbranched alkanes of at least 4 members (excludes halogenated alkanes) is 8. The Kier molecular flexibility index (Phi) is 14.0. The molecule has 0 unspecified atom stereocenters. The van der Waals surface area contributed by atoms with E-state index >= 15 is 0 Å². The Morgan fingerprint density at radius 2 is 1.00 bits per heavy atom. The van der Waals surface area contributed by atoms with Crippen LogP contribution < -0.4 is 10.4 Å². The fourth-order valence-corrected chi connectivity index (χ4v) is 2.07. The van der Waals surface area contributed by atoms with Crippen LogP contribution in [0.25, 0.3) is 0 Å². The molecule has 0 aliphatic heterocycles. The van der Waals surface area contributed by atoms with Crippen LogP contribution in [-0.4, -0.2) is 6.54 Å². The zero-order valence-corrected chi connectivity index (χ0v) is 12.4. The lowest BCUT2D eigenvalue weighted by molar-refractivity contribution is -0.368. The highest BCUT2D eigenvalue weighted by atomic mass is 19.0. The summed E-state index contributed by atoms with van der Waals surface area (Å²) in [5.74, 6) is 0. The SMILES string of the molecule is CC(C)(C)CCCCCCCCCCC[NH3+].[F-]. The van der Waals surface area contributed by atoms with Crippen molar-refractivity contribution in [2.75, 3.05) is 6.54 Å². The lowest BCUT2D eigenvalue weighted by atomic mass is 9.89. The molecular formula is C15H34FN. The third kappa shape index (κ3) is 18.5. The van der Waals surface area contributed by atoms with Crippen molar-refractivity contribution in [3.63, 3.8) is 0 Å². The summed E-state index contributed by atoms with van der Waals surface area (Å²) in [6.07, 6.45) is 14.2. The molecule has 0 rings (SSSR count). The molecule has 0 spiro atoms. The van der Waals surface area contributed by atoms with Crippen LogP contribution in [0.5, 0.6) is 0 Å². The predicted molar refractivity (Wildman–Crippen MR) is 73.4 cm³/mol.